The van der Waals surface area contributed by atoms with Crippen LogP contribution in [0.25, 0.3) is 0 Å². The van der Waals surface area contributed by atoms with Crippen LogP contribution in [-0.4, -0.2) is 21.8 Å². The average Bonchev–Trinajstić information content (AvgIpc) is 2.71. The second kappa shape index (κ2) is 10.7. The normalized spacial score (nSPS) is 12.8. The summed E-state index contributed by atoms with van der Waals surface area (Å²) < 4.78 is 11.1. The number of hydrogen-bond acceptors (Lipinski definition) is 2. The summed E-state index contributed by atoms with van der Waals surface area (Å²) in [4.78, 5) is 0. The zero-order valence-electron chi connectivity index (χ0n) is 18.9. The molecule has 2 aromatic carbocycles. The molecule has 0 unspecified atom stereocenters. The minimum absolute atomic E-state index is 0.0351. The van der Waals surface area contributed by atoms with Gasteiger partial charge in [-0.15, -0.1) is 0 Å². The van der Waals surface area contributed by atoms with Gasteiger partial charge in [-0.2, -0.15) is 0 Å². The van der Waals surface area contributed by atoms with E-state index in [1.54, 1.807) is 7.11 Å². The molecule has 0 bridgehead atoms. The fourth-order valence-electron chi connectivity index (χ4n) is 3.44. The summed E-state index contributed by atoms with van der Waals surface area (Å²) in [6, 6.07) is 20.2. The van der Waals surface area contributed by atoms with Gasteiger partial charge in [0.1, 0.15) is 5.75 Å². The Morgan fingerprint density at radius 1 is 1.00 bits per heavy atom. The van der Waals surface area contributed by atoms with Gasteiger partial charge in [0.2, 0.25) is 0 Å². The predicted octanol–water partition coefficient (Wildman–Crippen LogP) is 5.88. The van der Waals surface area contributed by atoms with Gasteiger partial charge in [0.05, 0.1) is 21.8 Å². The zero-order valence-corrected chi connectivity index (χ0v) is 19.9. The molecule has 156 valence electrons. The van der Waals surface area contributed by atoms with Gasteiger partial charge in [-0.25, -0.2) is 0 Å². The SMILES string of the molecule is COc1ccc(COCCC(C)(C)C#C[C@@H](C)C[Si](C)(C)c2ccccc2)cc1. The molecular formula is C26H36O2Si. The Kier molecular flexibility index (Phi) is 8.55. The highest BCUT2D eigenvalue weighted by atomic mass is 28.3. The number of rotatable bonds is 9. The highest BCUT2D eigenvalue weighted by Crippen LogP contribution is 2.22. The van der Waals surface area contributed by atoms with Crippen LogP contribution in [0.2, 0.25) is 19.1 Å². The van der Waals surface area contributed by atoms with Crippen LogP contribution >= 0.6 is 0 Å². The Hall–Kier alpha value is -2.02. The molecule has 0 heterocycles. The van der Waals surface area contributed by atoms with Crippen LogP contribution in [0.4, 0.5) is 0 Å². The molecule has 0 saturated heterocycles. The quantitative estimate of drug-likeness (QED) is 0.293. The van der Waals surface area contributed by atoms with Gasteiger partial charge in [0.25, 0.3) is 0 Å². The highest BCUT2D eigenvalue weighted by Gasteiger charge is 2.25. The van der Waals surface area contributed by atoms with Gasteiger partial charge < -0.3 is 9.47 Å². The molecule has 0 fully saturated rings. The lowest BCUT2D eigenvalue weighted by atomic mass is 9.90. The molecule has 2 aromatic rings. The molecule has 0 N–H and O–H groups in total. The molecule has 0 amide bonds. The van der Waals surface area contributed by atoms with Crippen LogP contribution in [0, 0.1) is 23.2 Å². The standard InChI is InChI=1S/C26H36O2Si/c1-22(21-29(5,6)25-10-8-7-9-11-25)16-17-26(2,3)18-19-28-20-23-12-14-24(27-4)15-13-23/h7-15,22H,18-21H2,1-6H3/t22-/m1/s1. The summed E-state index contributed by atoms with van der Waals surface area (Å²) >= 11 is 0. The predicted molar refractivity (Wildman–Crippen MR) is 126 cm³/mol. The van der Waals surface area contributed by atoms with Crippen LogP contribution in [0.5, 0.6) is 5.75 Å². The van der Waals surface area contributed by atoms with Gasteiger partial charge >= 0.3 is 0 Å². The summed E-state index contributed by atoms with van der Waals surface area (Å²) in [6.07, 6.45) is 0.933. The van der Waals surface area contributed by atoms with Crippen molar-refractivity contribution in [1.29, 1.82) is 0 Å². The third-order valence-corrected chi connectivity index (χ3v) is 8.86. The maximum atomic E-state index is 5.87. The molecule has 2 rings (SSSR count). The van der Waals surface area contributed by atoms with E-state index in [0.29, 0.717) is 19.1 Å². The van der Waals surface area contributed by atoms with Crippen LogP contribution < -0.4 is 9.92 Å². The third-order valence-electron chi connectivity index (χ3n) is 5.33. The van der Waals surface area contributed by atoms with E-state index in [1.807, 2.05) is 24.3 Å². The first-order chi connectivity index (χ1) is 13.7. The van der Waals surface area contributed by atoms with Gasteiger partial charge in [0, 0.05) is 17.9 Å². The van der Waals surface area contributed by atoms with E-state index in [4.69, 9.17) is 9.47 Å². The molecule has 0 aliphatic rings. The second-order valence-corrected chi connectivity index (χ2v) is 13.9. The Balaban J connectivity index is 1.80. The van der Waals surface area contributed by atoms with Gasteiger partial charge in [0.15, 0.2) is 0 Å². The van der Waals surface area contributed by atoms with Gasteiger partial charge in [-0.3, -0.25) is 0 Å². The Morgan fingerprint density at radius 2 is 1.66 bits per heavy atom. The van der Waals surface area contributed by atoms with Crippen molar-refractivity contribution in [2.45, 2.75) is 52.9 Å². The van der Waals surface area contributed by atoms with Crippen molar-refractivity contribution >= 4 is 13.3 Å². The van der Waals surface area contributed by atoms with E-state index in [9.17, 15) is 0 Å². The summed E-state index contributed by atoms with van der Waals surface area (Å²) in [5.41, 5.74) is 1.13. The number of benzene rings is 2. The lowest BCUT2D eigenvalue weighted by Gasteiger charge is -2.25. The number of methoxy groups -OCH3 is 1. The minimum atomic E-state index is -1.45. The molecule has 0 aliphatic heterocycles. The third kappa shape index (κ3) is 8.09. The van der Waals surface area contributed by atoms with Crippen LogP contribution in [0.1, 0.15) is 32.8 Å². The van der Waals surface area contributed by atoms with Crippen LogP contribution in [0.15, 0.2) is 54.6 Å². The van der Waals surface area contributed by atoms with Crippen molar-refractivity contribution in [3.63, 3.8) is 0 Å². The Labute approximate surface area is 178 Å². The molecule has 29 heavy (non-hydrogen) atoms. The second-order valence-electron chi connectivity index (χ2n) is 9.16. The maximum Gasteiger partial charge on any atom is 0.118 e. The summed E-state index contributed by atoms with van der Waals surface area (Å²) in [7, 11) is 0.230. The number of hydrogen-bond donors (Lipinski definition) is 0. The highest BCUT2D eigenvalue weighted by molar-refractivity contribution is 6.89. The topological polar surface area (TPSA) is 18.5 Å². The molecule has 0 aromatic heterocycles. The summed E-state index contributed by atoms with van der Waals surface area (Å²) in [5.74, 6) is 8.34. The largest absolute Gasteiger partial charge is 0.497 e. The first-order valence-corrected chi connectivity index (χ1v) is 13.7. The molecule has 0 aliphatic carbocycles. The molecule has 2 nitrogen and oxygen atoms in total. The fourth-order valence-corrected chi connectivity index (χ4v) is 6.41. The van der Waals surface area contributed by atoms with Crippen molar-refractivity contribution in [3.8, 4) is 17.6 Å². The van der Waals surface area contributed by atoms with Crippen molar-refractivity contribution in [1.82, 2.24) is 0 Å². The first kappa shape index (κ1) is 23.3. The average molecular weight is 409 g/mol. The van der Waals surface area contributed by atoms with Crippen molar-refractivity contribution in [3.05, 3.63) is 60.2 Å². The van der Waals surface area contributed by atoms with E-state index in [0.717, 1.165) is 17.7 Å². The Morgan fingerprint density at radius 3 is 2.28 bits per heavy atom. The van der Waals surface area contributed by atoms with Gasteiger partial charge in [-0.1, -0.05) is 79.5 Å². The lowest BCUT2D eigenvalue weighted by Crippen LogP contribution is -2.42. The van der Waals surface area contributed by atoms with E-state index in [2.05, 4.69) is 76.0 Å². The maximum absolute atomic E-state index is 5.87. The molecule has 0 saturated carbocycles. The van der Waals surface area contributed by atoms with Crippen molar-refractivity contribution in [2.24, 2.45) is 11.3 Å². The molecule has 0 spiro atoms. The lowest BCUT2D eigenvalue weighted by molar-refractivity contribution is 0.103. The van der Waals surface area contributed by atoms with E-state index >= 15 is 0 Å². The minimum Gasteiger partial charge on any atom is -0.497 e. The monoisotopic (exact) mass is 408 g/mol. The van der Waals surface area contributed by atoms with Crippen LogP contribution in [-0.2, 0) is 11.3 Å². The van der Waals surface area contributed by atoms with E-state index in [-0.39, 0.29) is 5.41 Å². The zero-order chi connectivity index (χ0) is 21.3. The Bertz CT molecular complexity index is 798. The summed E-state index contributed by atoms with van der Waals surface area (Å²) in [6.45, 7) is 12.9. The summed E-state index contributed by atoms with van der Waals surface area (Å²) in [5, 5.41) is 1.51. The molecular weight excluding hydrogens is 372 g/mol. The first-order valence-electron chi connectivity index (χ1n) is 10.5. The van der Waals surface area contributed by atoms with Crippen molar-refractivity contribution < 1.29 is 9.47 Å². The van der Waals surface area contributed by atoms with Gasteiger partial charge in [-0.05, 0) is 44.0 Å². The van der Waals surface area contributed by atoms with E-state index in [1.165, 1.54) is 11.2 Å². The fraction of sp³-hybridized carbons (Fsp3) is 0.462. The molecule has 0 radical (unpaired) electrons. The van der Waals surface area contributed by atoms with Crippen LogP contribution in [0.3, 0.4) is 0 Å². The smallest absolute Gasteiger partial charge is 0.118 e. The number of ether oxygens (including phenoxy) is 2. The molecule has 3 heteroatoms. The van der Waals surface area contributed by atoms with Crippen molar-refractivity contribution in [2.75, 3.05) is 13.7 Å². The van der Waals surface area contributed by atoms with E-state index < -0.39 is 8.07 Å². The molecule has 1 atom stereocenters.